The lowest BCUT2D eigenvalue weighted by Gasteiger charge is -2.32. The number of aliphatic hydroxyl groups excluding tert-OH is 1. The largest absolute Gasteiger partial charge is 0.385 e. The van der Waals surface area contributed by atoms with E-state index in [2.05, 4.69) is 29.4 Å². The van der Waals surface area contributed by atoms with Gasteiger partial charge in [0, 0.05) is 13.1 Å². The van der Waals surface area contributed by atoms with Gasteiger partial charge in [-0.15, -0.1) is 11.3 Å². The van der Waals surface area contributed by atoms with E-state index in [-0.39, 0.29) is 11.7 Å². The molecule has 5 nitrogen and oxygen atoms in total. The topological polar surface area (TPSA) is 66.6 Å². The fraction of sp³-hybridized carbons (Fsp3) is 0.364. The normalized spacial score (nSPS) is 16.3. The average Bonchev–Trinajstić information content (AvgIpc) is 3.38. The number of nitrogens with zero attached hydrogens (tertiary/aromatic N) is 2. The van der Waals surface area contributed by atoms with Gasteiger partial charge in [-0.25, -0.2) is 0 Å². The molecule has 1 amide bonds. The molecule has 1 aromatic carbocycles. The third-order valence-electron chi connectivity index (χ3n) is 5.34. The Hall–Kier alpha value is -2.44. The summed E-state index contributed by atoms with van der Waals surface area (Å²) in [6.45, 7) is 3.02. The third-order valence-corrected chi connectivity index (χ3v) is 6.21. The van der Waals surface area contributed by atoms with E-state index < -0.39 is 6.10 Å². The highest BCUT2D eigenvalue weighted by molar-refractivity contribution is 7.13. The van der Waals surface area contributed by atoms with Crippen molar-refractivity contribution in [3.8, 4) is 10.6 Å². The Balaban J connectivity index is 1.49. The second kappa shape index (κ2) is 8.29. The molecule has 1 aliphatic heterocycles. The van der Waals surface area contributed by atoms with Gasteiger partial charge >= 0.3 is 0 Å². The quantitative estimate of drug-likeness (QED) is 0.687. The Labute approximate surface area is 168 Å². The molecular formula is C22H24N2O3S. The molecule has 0 aliphatic carbocycles. The number of hydrogen-bond donors (Lipinski definition) is 1. The number of carbonyl (C=O) groups is 1. The molecule has 0 radical (unpaired) electrons. The number of benzene rings is 1. The zero-order valence-electron chi connectivity index (χ0n) is 15.9. The minimum absolute atomic E-state index is 0.0984. The maximum Gasteiger partial charge on any atom is 0.259 e. The summed E-state index contributed by atoms with van der Waals surface area (Å²) in [5.74, 6) is 0.737. The van der Waals surface area contributed by atoms with Crippen LogP contribution in [0.25, 0.3) is 10.6 Å². The Bertz CT molecular complexity index is 911. The van der Waals surface area contributed by atoms with Gasteiger partial charge in [-0.3, -0.25) is 4.79 Å². The molecule has 1 saturated heterocycles. The molecule has 3 aromatic rings. The van der Waals surface area contributed by atoms with Gasteiger partial charge in [0.15, 0.2) is 5.76 Å². The summed E-state index contributed by atoms with van der Waals surface area (Å²) in [5, 5.41) is 16.1. The number of carbonyl (C=O) groups excluding carboxylic acids is 1. The fourth-order valence-corrected chi connectivity index (χ4v) is 4.53. The summed E-state index contributed by atoms with van der Waals surface area (Å²) in [4.78, 5) is 16.0. The molecule has 0 unspecified atom stereocenters. The molecule has 0 saturated carbocycles. The summed E-state index contributed by atoms with van der Waals surface area (Å²) in [7, 11) is 0. The predicted molar refractivity (Wildman–Crippen MR) is 109 cm³/mol. The van der Waals surface area contributed by atoms with Crippen molar-refractivity contribution in [2.24, 2.45) is 5.92 Å². The van der Waals surface area contributed by atoms with Crippen LogP contribution in [0.2, 0.25) is 0 Å². The Morgan fingerprint density at radius 2 is 2.00 bits per heavy atom. The summed E-state index contributed by atoms with van der Waals surface area (Å²) in [5.41, 5.74) is 2.28. The van der Waals surface area contributed by atoms with Crippen molar-refractivity contribution in [2.75, 3.05) is 13.1 Å². The summed E-state index contributed by atoms with van der Waals surface area (Å²) < 4.78 is 5.35. The van der Waals surface area contributed by atoms with E-state index in [0.29, 0.717) is 30.3 Å². The van der Waals surface area contributed by atoms with E-state index in [1.807, 2.05) is 28.5 Å². The first-order chi connectivity index (χ1) is 13.6. The Kier molecular flexibility index (Phi) is 5.59. The molecule has 6 heteroatoms. The van der Waals surface area contributed by atoms with Crippen LogP contribution in [0.1, 0.15) is 47.6 Å². The number of rotatable bonds is 5. The van der Waals surface area contributed by atoms with Gasteiger partial charge in [-0.1, -0.05) is 41.6 Å². The van der Waals surface area contributed by atoms with Crippen LogP contribution in [0.5, 0.6) is 0 Å². The summed E-state index contributed by atoms with van der Waals surface area (Å²) in [6, 6.07) is 14.3. The summed E-state index contributed by atoms with van der Waals surface area (Å²) in [6.07, 6.45) is 2.13. The number of likely N-dealkylation sites (tertiary alicyclic amines) is 1. The first-order valence-electron chi connectivity index (χ1n) is 9.68. The van der Waals surface area contributed by atoms with Crippen LogP contribution >= 0.6 is 11.3 Å². The number of piperidine rings is 1. The molecule has 146 valence electrons. The standard InChI is InChI=1S/C22H24N2O3S/c1-15(25)21-19(20(23-27-21)18-8-5-13-28-18)22(26)24-11-9-17(10-12-24)14-16-6-3-2-4-7-16/h2-8,13,15,17,25H,9-12,14H2,1H3/t15-/m0/s1. The fourth-order valence-electron chi connectivity index (χ4n) is 3.82. The van der Waals surface area contributed by atoms with Crippen molar-refractivity contribution in [3.63, 3.8) is 0 Å². The molecular weight excluding hydrogens is 372 g/mol. The van der Waals surface area contributed by atoms with Crippen molar-refractivity contribution in [1.29, 1.82) is 0 Å². The van der Waals surface area contributed by atoms with Gasteiger partial charge in [-0.05, 0) is 49.1 Å². The smallest absolute Gasteiger partial charge is 0.259 e. The van der Waals surface area contributed by atoms with Crippen LogP contribution in [0.4, 0.5) is 0 Å². The first-order valence-corrected chi connectivity index (χ1v) is 10.6. The van der Waals surface area contributed by atoms with E-state index in [0.717, 1.165) is 24.1 Å². The zero-order valence-corrected chi connectivity index (χ0v) is 16.7. The average molecular weight is 397 g/mol. The number of aromatic nitrogens is 1. The zero-order chi connectivity index (χ0) is 19.5. The highest BCUT2D eigenvalue weighted by Gasteiger charge is 2.32. The van der Waals surface area contributed by atoms with Gasteiger partial charge in [0.2, 0.25) is 0 Å². The lowest BCUT2D eigenvalue weighted by Crippen LogP contribution is -2.39. The Morgan fingerprint density at radius 3 is 2.64 bits per heavy atom. The molecule has 0 bridgehead atoms. The second-order valence-corrected chi connectivity index (χ2v) is 8.30. The molecule has 3 heterocycles. The number of amides is 1. The van der Waals surface area contributed by atoms with Crippen LogP contribution in [0, 0.1) is 5.92 Å². The van der Waals surface area contributed by atoms with Crippen LogP contribution in [0.3, 0.4) is 0 Å². The lowest BCUT2D eigenvalue weighted by molar-refractivity contribution is 0.0680. The molecule has 1 N–H and O–H groups in total. The number of aliphatic hydroxyl groups is 1. The van der Waals surface area contributed by atoms with Crippen LogP contribution in [-0.4, -0.2) is 34.2 Å². The maximum atomic E-state index is 13.3. The molecule has 0 spiro atoms. The summed E-state index contributed by atoms with van der Waals surface area (Å²) >= 11 is 1.51. The molecule has 4 rings (SSSR count). The predicted octanol–water partition coefficient (Wildman–Crippen LogP) is 4.55. The highest BCUT2D eigenvalue weighted by Crippen LogP contribution is 2.33. The first kappa shape index (κ1) is 18.9. The van der Waals surface area contributed by atoms with Crippen molar-refractivity contribution >= 4 is 17.2 Å². The van der Waals surface area contributed by atoms with E-state index in [1.165, 1.54) is 16.9 Å². The molecule has 2 aromatic heterocycles. The van der Waals surface area contributed by atoms with Crippen molar-refractivity contribution in [2.45, 2.75) is 32.3 Å². The van der Waals surface area contributed by atoms with Gasteiger partial charge in [-0.2, -0.15) is 0 Å². The molecule has 28 heavy (non-hydrogen) atoms. The van der Waals surface area contributed by atoms with Crippen molar-refractivity contribution in [1.82, 2.24) is 10.1 Å². The molecule has 1 aliphatic rings. The van der Waals surface area contributed by atoms with E-state index >= 15 is 0 Å². The number of thiophene rings is 1. The van der Waals surface area contributed by atoms with Gasteiger partial charge in [0.25, 0.3) is 5.91 Å². The monoisotopic (exact) mass is 396 g/mol. The van der Waals surface area contributed by atoms with Crippen LogP contribution in [-0.2, 0) is 6.42 Å². The van der Waals surface area contributed by atoms with Gasteiger partial charge < -0.3 is 14.5 Å². The highest BCUT2D eigenvalue weighted by atomic mass is 32.1. The van der Waals surface area contributed by atoms with Gasteiger partial charge in [0.05, 0.1) is 4.88 Å². The number of hydrogen-bond acceptors (Lipinski definition) is 5. The molecule has 1 fully saturated rings. The maximum absolute atomic E-state index is 13.3. The Morgan fingerprint density at radius 1 is 1.25 bits per heavy atom. The lowest BCUT2D eigenvalue weighted by atomic mass is 9.90. The van der Waals surface area contributed by atoms with Crippen molar-refractivity contribution < 1.29 is 14.4 Å². The van der Waals surface area contributed by atoms with Crippen LogP contribution in [0.15, 0.2) is 52.4 Å². The molecule has 1 atom stereocenters. The van der Waals surface area contributed by atoms with E-state index in [1.54, 1.807) is 6.92 Å². The minimum Gasteiger partial charge on any atom is -0.385 e. The SMILES string of the molecule is C[C@H](O)c1onc(-c2cccs2)c1C(=O)N1CCC(Cc2ccccc2)CC1. The van der Waals surface area contributed by atoms with Gasteiger partial charge in [0.1, 0.15) is 17.4 Å². The second-order valence-electron chi connectivity index (χ2n) is 7.35. The van der Waals surface area contributed by atoms with E-state index in [4.69, 9.17) is 4.52 Å². The third kappa shape index (κ3) is 3.88. The minimum atomic E-state index is -0.879. The van der Waals surface area contributed by atoms with E-state index in [9.17, 15) is 9.90 Å². The van der Waals surface area contributed by atoms with Crippen molar-refractivity contribution in [3.05, 3.63) is 64.7 Å². The van der Waals surface area contributed by atoms with Crippen LogP contribution < -0.4 is 0 Å².